The van der Waals surface area contributed by atoms with Crippen LogP contribution in [0, 0.1) is 28.6 Å². The monoisotopic (exact) mass is 388 g/mol. The van der Waals surface area contributed by atoms with Crippen molar-refractivity contribution >= 4 is 18.2 Å². The van der Waals surface area contributed by atoms with E-state index in [9.17, 15) is 14.4 Å². The van der Waals surface area contributed by atoms with Crippen molar-refractivity contribution in [2.75, 3.05) is 0 Å². The second kappa shape index (κ2) is 7.00. The first kappa shape index (κ1) is 19.7. The maximum Gasteiger partial charge on any atom is 0.302 e. The van der Waals surface area contributed by atoms with Crippen molar-refractivity contribution in [3.05, 3.63) is 11.6 Å². The van der Waals surface area contributed by atoms with Crippen molar-refractivity contribution in [2.24, 2.45) is 28.6 Å². The lowest BCUT2D eigenvalue weighted by atomic mass is 9.47. The van der Waals surface area contributed by atoms with Gasteiger partial charge < -0.3 is 14.3 Å². The van der Waals surface area contributed by atoms with Gasteiger partial charge in [-0.3, -0.25) is 9.59 Å². The van der Waals surface area contributed by atoms with Gasteiger partial charge in [0, 0.05) is 25.7 Å². The van der Waals surface area contributed by atoms with Crippen LogP contribution >= 0.6 is 0 Å². The zero-order chi connectivity index (χ0) is 20.1. The van der Waals surface area contributed by atoms with Crippen LogP contribution in [0.5, 0.6) is 0 Å². The number of aldehydes is 1. The van der Waals surface area contributed by atoms with Crippen LogP contribution in [0.1, 0.15) is 72.1 Å². The maximum absolute atomic E-state index is 12.5. The number of esters is 2. The van der Waals surface area contributed by atoms with E-state index in [-0.39, 0.29) is 35.0 Å². The van der Waals surface area contributed by atoms with Crippen molar-refractivity contribution in [1.82, 2.24) is 0 Å². The summed E-state index contributed by atoms with van der Waals surface area (Å²) in [6, 6.07) is 0. The van der Waals surface area contributed by atoms with Crippen molar-refractivity contribution < 1.29 is 23.9 Å². The lowest BCUT2D eigenvalue weighted by Gasteiger charge is -2.56. The Morgan fingerprint density at radius 1 is 1.04 bits per heavy atom. The van der Waals surface area contributed by atoms with Gasteiger partial charge in [-0.25, -0.2) is 0 Å². The number of ether oxygens (including phenoxy) is 2. The molecule has 0 radical (unpaired) electrons. The van der Waals surface area contributed by atoms with Crippen LogP contribution in [0.2, 0.25) is 0 Å². The van der Waals surface area contributed by atoms with Crippen LogP contribution in [0.4, 0.5) is 0 Å². The predicted molar refractivity (Wildman–Crippen MR) is 103 cm³/mol. The third-order valence-electron chi connectivity index (χ3n) is 8.42. The normalized spacial score (nSPS) is 44.4. The molecule has 1 unspecified atom stereocenters. The van der Waals surface area contributed by atoms with E-state index in [0.717, 1.165) is 44.9 Å². The van der Waals surface area contributed by atoms with E-state index in [1.165, 1.54) is 25.7 Å². The highest BCUT2D eigenvalue weighted by Crippen LogP contribution is 2.64. The second-order valence-corrected chi connectivity index (χ2v) is 9.69. The molecule has 4 rings (SSSR count). The van der Waals surface area contributed by atoms with E-state index in [1.807, 2.05) is 0 Å². The van der Waals surface area contributed by atoms with Gasteiger partial charge >= 0.3 is 11.9 Å². The number of fused-ring (bicyclic) bond motifs is 5. The molecule has 154 valence electrons. The molecule has 0 spiro atoms. The second-order valence-electron chi connectivity index (χ2n) is 9.69. The lowest BCUT2D eigenvalue weighted by Crippen LogP contribution is -2.53. The van der Waals surface area contributed by atoms with Gasteiger partial charge in [0.15, 0.2) is 0 Å². The van der Waals surface area contributed by atoms with Gasteiger partial charge in [-0.2, -0.15) is 0 Å². The van der Waals surface area contributed by atoms with Gasteiger partial charge in [-0.1, -0.05) is 18.6 Å². The third-order valence-corrected chi connectivity index (χ3v) is 8.42. The Morgan fingerprint density at radius 3 is 2.46 bits per heavy atom. The smallest absolute Gasteiger partial charge is 0.302 e. The molecule has 0 aromatic heterocycles. The molecule has 0 bridgehead atoms. The molecule has 3 saturated carbocycles. The third kappa shape index (κ3) is 2.93. The molecular weight excluding hydrogens is 356 g/mol. The molecule has 5 heteroatoms. The van der Waals surface area contributed by atoms with E-state index in [1.54, 1.807) is 0 Å². The van der Waals surface area contributed by atoms with Gasteiger partial charge in [0.05, 0.1) is 5.41 Å². The van der Waals surface area contributed by atoms with Crippen LogP contribution in [0.15, 0.2) is 11.6 Å². The molecule has 0 amide bonds. The van der Waals surface area contributed by atoms with Crippen LogP contribution < -0.4 is 0 Å². The van der Waals surface area contributed by atoms with E-state index >= 15 is 0 Å². The van der Waals surface area contributed by atoms with Gasteiger partial charge in [-0.05, 0) is 62.7 Å². The van der Waals surface area contributed by atoms with Gasteiger partial charge in [0.2, 0.25) is 0 Å². The Morgan fingerprint density at radius 2 is 1.79 bits per heavy atom. The number of carbonyl (C=O) groups is 3. The first-order valence-electron chi connectivity index (χ1n) is 10.8. The number of allylic oxidation sites excluding steroid dienone is 1. The summed E-state index contributed by atoms with van der Waals surface area (Å²) in [5, 5.41) is 0. The molecule has 7 atom stereocenters. The molecule has 0 aromatic carbocycles. The molecule has 4 aliphatic carbocycles. The van der Waals surface area contributed by atoms with E-state index in [2.05, 4.69) is 13.0 Å². The SMILES string of the molecule is CC(=O)OC1CC[C@@]2(C=O)C(=CC[C@H]3[C@@H]4CC[C@H](OC(C)=O)[C@@]4(C)CC[C@@H]32)C1. The number of carbonyl (C=O) groups excluding carboxylic acids is 3. The quantitative estimate of drug-likeness (QED) is 0.415. The average Bonchev–Trinajstić information content (AvgIpc) is 2.97. The summed E-state index contributed by atoms with van der Waals surface area (Å²) >= 11 is 0. The van der Waals surface area contributed by atoms with Crippen molar-refractivity contribution in [3.8, 4) is 0 Å². The molecule has 0 aliphatic heterocycles. The maximum atomic E-state index is 12.5. The summed E-state index contributed by atoms with van der Waals surface area (Å²) < 4.78 is 11.2. The number of hydrogen-bond donors (Lipinski definition) is 0. The highest BCUT2D eigenvalue weighted by molar-refractivity contribution is 5.69. The lowest BCUT2D eigenvalue weighted by molar-refractivity contribution is -0.157. The fourth-order valence-electron chi connectivity index (χ4n) is 7.23. The molecule has 0 N–H and O–H groups in total. The molecule has 5 nitrogen and oxygen atoms in total. The minimum Gasteiger partial charge on any atom is -0.462 e. The van der Waals surface area contributed by atoms with Crippen LogP contribution in [0.25, 0.3) is 0 Å². The Balaban J connectivity index is 1.60. The summed E-state index contributed by atoms with van der Waals surface area (Å²) in [6.45, 7) is 5.24. The van der Waals surface area contributed by atoms with Crippen molar-refractivity contribution in [3.63, 3.8) is 0 Å². The fraction of sp³-hybridized carbons (Fsp3) is 0.783. The first-order chi connectivity index (χ1) is 13.3. The van der Waals surface area contributed by atoms with E-state index < -0.39 is 0 Å². The molecule has 0 saturated heterocycles. The largest absolute Gasteiger partial charge is 0.462 e. The van der Waals surface area contributed by atoms with E-state index in [4.69, 9.17) is 9.47 Å². The molecular formula is C23H32O5. The van der Waals surface area contributed by atoms with Gasteiger partial charge in [0.25, 0.3) is 0 Å². The summed E-state index contributed by atoms with van der Waals surface area (Å²) in [4.78, 5) is 35.4. The Bertz CT molecular complexity index is 712. The molecule has 0 heterocycles. The standard InChI is InChI=1S/C23H32O5/c1-14(25)27-17-8-11-23(13-24)16(12-17)4-5-18-19-6-7-21(28-15(2)26)22(19,3)10-9-20(18)23/h4,13,17-21H,5-12H2,1-3H3/t17?,18-,19-,20-,21-,22-,23+/m0/s1. The van der Waals surface area contributed by atoms with Crippen molar-refractivity contribution in [2.45, 2.75) is 84.3 Å². The summed E-state index contributed by atoms with van der Waals surface area (Å²) in [5.41, 5.74) is 0.830. The van der Waals surface area contributed by atoms with Gasteiger partial charge in [0.1, 0.15) is 18.5 Å². The van der Waals surface area contributed by atoms with E-state index in [0.29, 0.717) is 24.2 Å². The Labute approximate surface area is 167 Å². The Hall–Kier alpha value is -1.65. The number of rotatable bonds is 3. The summed E-state index contributed by atoms with van der Waals surface area (Å²) in [6.07, 6.45) is 10.6. The first-order valence-corrected chi connectivity index (χ1v) is 10.8. The zero-order valence-corrected chi connectivity index (χ0v) is 17.2. The number of hydrogen-bond acceptors (Lipinski definition) is 5. The minimum atomic E-state index is -0.388. The summed E-state index contributed by atoms with van der Waals surface area (Å²) in [5.74, 6) is 0.897. The minimum absolute atomic E-state index is 0.00760. The molecule has 28 heavy (non-hydrogen) atoms. The van der Waals surface area contributed by atoms with Crippen molar-refractivity contribution in [1.29, 1.82) is 0 Å². The topological polar surface area (TPSA) is 69.7 Å². The highest BCUT2D eigenvalue weighted by atomic mass is 16.5. The zero-order valence-electron chi connectivity index (χ0n) is 17.2. The molecule has 3 fully saturated rings. The molecule has 0 aromatic rings. The molecule has 4 aliphatic rings. The van der Waals surface area contributed by atoms with Crippen LogP contribution in [-0.2, 0) is 23.9 Å². The van der Waals surface area contributed by atoms with Gasteiger partial charge in [-0.15, -0.1) is 0 Å². The predicted octanol–water partition coefficient (Wildman–Crippen LogP) is 3.99. The summed E-state index contributed by atoms with van der Waals surface area (Å²) in [7, 11) is 0. The fourth-order valence-corrected chi connectivity index (χ4v) is 7.23. The van der Waals surface area contributed by atoms with Crippen LogP contribution in [0.3, 0.4) is 0 Å². The highest BCUT2D eigenvalue weighted by Gasteiger charge is 2.61. The Kier molecular flexibility index (Phi) is 4.91. The van der Waals surface area contributed by atoms with Crippen LogP contribution in [-0.4, -0.2) is 30.4 Å². The average molecular weight is 389 g/mol.